The van der Waals surface area contributed by atoms with Gasteiger partial charge in [-0.05, 0) is 64.6 Å². The van der Waals surface area contributed by atoms with E-state index in [0.717, 1.165) is 67.8 Å². The summed E-state index contributed by atoms with van der Waals surface area (Å²) >= 11 is 0. The molecule has 6 aromatic rings. The van der Waals surface area contributed by atoms with Crippen LogP contribution in [0.3, 0.4) is 0 Å². The Morgan fingerprint density at radius 1 is 0.698 bits per heavy atom. The van der Waals surface area contributed by atoms with E-state index in [-0.39, 0.29) is 18.4 Å². The number of nitrogens with one attached hydrogen (secondary N) is 4. The second-order valence-electron chi connectivity index (χ2n) is 14.7. The van der Waals surface area contributed by atoms with Crippen molar-refractivity contribution in [2.24, 2.45) is 0 Å². The highest BCUT2D eigenvalue weighted by atomic mass is 16.5. The number of fused-ring (bicyclic) bond motifs is 1. The van der Waals surface area contributed by atoms with E-state index in [2.05, 4.69) is 126 Å². The Bertz CT molecular complexity index is 2410. The molecule has 0 saturated heterocycles. The number of pyridine rings is 1. The molecule has 0 fully saturated rings. The van der Waals surface area contributed by atoms with Crippen LogP contribution >= 0.6 is 0 Å². The highest BCUT2D eigenvalue weighted by Gasteiger charge is 2.17. The van der Waals surface area contributed by atoms with Gasteiger partial charge in [0.1, 0.15) is 18.2 Å². The summed E-state index contributed by atoms with van der Waals surface area (Å²) in [4.78, 5) is 69.7. The number of amides is 4. The second-order valence-corrected chi connectivity index (χ2v) is 14.7. The van der Waals surface area contributed by atoms with Crippen LogP contribution in [0, 0.1) is 0 Å². The average Bonchev–Trinajstić information content (AvgIpc) is 3.97. The van der Waals surface area contributed by atoms with E-state index >= 15 is 0 Å². The number of nitrogens with zero attached hydrogens (tertiary/aromatic N) is 5. The summed E-state index contributed by atoms with van der Waals surface area (Å²) in [6, 6.07) is 24.7. The van der Waals surface area contributed by atoms with Gasteiger partial charge in [-0.25, -0.2) is 19.6 Å². The molecule has 0 radical (unpaired) electrons. The molecule has 0 spiro atoms. The number of methoxy groups -OCH3 is 2. The number of benzene rings is 3. The zero-order valence-corrected chi connectivity index (χ0v) is 37.3. The summed E-state index contributed by atoms with van der Waals surface area (Å²) < 4.78 is 8.96. The van der Waals surface area contributed by atoms with Gasteiger partial charge in [0.25, 0.3) is 0 Å². The molecule has 4 amide bonds. The zero-order chi connectivity index (χ0) is 45.7. The van der Waals surface area contributed by atoms with Crippen molar-refractivity contribution in [2.45, 2.75) is 67.1 Å². The smallest absolute Gasteiger partial charge is 0.407 e. The molecular weight excluding hydrogens is 799 g/mol. The van der Waals surface area contributed by atoms with Gasteiger partial charge in [-0.15, -0.1) is 0 Å². The Labute approximate surface area is 369 Å². The van der Waals surface area contributed by atoms with Crippen molar-refractivity contribution in [3.05, 3.63) is 127 Å². The van der Waals surface area contributed by atoms with Crippen LogP contribution in [0.2, 0.25) is 0 Å². The number of imidazole rings is 2. The number of aromatic amines is 2. The van der Waals surface area contributed by atoms with Crippen molar-refractivity contribution < 1.29 is 28.7 Å². The van der Waals surface area contributed by atoms with Gasteiger partial charge in [0.05, 0.1) is 51.1 Å². The number of carbonyl (C=O) groups excluding carboxylic acids is 4. The molecule has 0 aliphatic carbocycles. The molecule has 3 heterocycles. The van der Waals surface area contributed by atoms with Crippen LogP contribution in [0.5, 0.6) is 0 Å². The fraction of sp³-hybridized carbons (Fsp3) is 0.312. The highest BCUT2D eigenvalue weighted by Crippen LogP contribution is 2.30. The van der Waals surface area contributed by atoms with Crippen molar-refractivity contribution >= 4 is 34.8 Å². The van der Waals surface area contributed by atoms with Crippen LogP contribution in [0.25, 0.3) is 44.4 Å². The molecular formula is C48H59N9O6. The molecule has 0 aliphatic heterocycles. The lowest BCUT2D eigenvalue weighted by Crippen LogP contribution is -2.40. The minimum atomic E-state index is -0.643. The van der Waals surface area contributed by atoms with Crippen molar-refractivity contribution in [1.29, 1.82) is 0 Å². The van der Waals surface area contributed by atoms with E-state index < -0.39 is 12.2 Å². The molecule has 15 heteroatoms. The summed E-state index contributed by atoms with van der Waals surface area (Å²) in [5, 5.41) is 7.20. The summed E-state index contributed by atoms with van der Waals surface area (Å²) in [6.45, 7) is 15.7. The number of alkyl carbamates (subject to hydrolysis) is 2. The number of aromatic nitrogens is 5. The van der Waals surface area contributed by atoms with Gasteiger partial charge in [0.15, 0.2) is 0 Å². The Hall–Kier alpha value is -7.29. The molecule has 0 saturated carbocycles. The van der Waals surface area contributed by atoms with Gasteiger partial charge in [-0.3, -0.25) is 14.6 Å². The van der Waals surface area contributed by atoms with Gasteiger partial charge in [-0.1, -0.05) is 93.9 Å². The molecule has 0 bridgehead atoms. The maximum Gasteiger partial charge on any atom is 0.407 e. The van der Waals surface area contributed by atoms with E-state index in [4.69, 9.17) is 0 Å². The van der Waals surface area contributed by atoms with Gasteiger partial charge in [0, 0.05) is 44.5 Å². The standard InChI is InChI=1S/C37H41N7O4.C8H10N2O2.C3H8/c1-6-15-43(36(46)20-40-37(47)48-5)22-34-39-19-33(42-34)31-14-13-29-16-28(11-12-30(29)17-31)26-7-9-27(10-8-26)32-18-38-35(41-32)23-44(25(4)45)21-24(2)3;1-12-8(11)10-6-7-3-2-4-9-5-7;1-3-2/h7-14,16-19H,2,6,15,20-23H2,1,3-5H3,(H,38,41)(H,39,42)(H,40,47);2-5H,6H2,1H3,(H,10,11);3H2,1-2H3. The molecule has 15 nitrogen and oxygen atoms in total. The third-order valence-corrected chi connectivity index (χ3v) is 9.29. The number of H-pyrrole nitrogens is 2. The fourth-order valence-corrected chi connectivity index (χ4v) is 6.22. The highest BCUT2D eigenvalue weighted by molar-refractivity contribution is 5.90. The first-order valence-electron chi connectivity index (χ1n) is 20.8. The summed E-state index contributed by atoms with van der Waals surface area (Å²) in [7, 11) is 2.59. The number of carbonyl (C=O) groups is 4. The van der Waals surface area contributed by atoms with Crippen LogP contribution in [0.15, 0.2) is 110 Å². The first-order valence-corrected chi connectivity index (χ1v) is 20.8. The topological polar surface area (TPSA) is 188 Å². The van der Waals surface area contributed by atoms with Crippen LogP contribution in [-0.2, 0) is 38.7 Å². The molecule has 63 heavy (non-hydrogen) atoms. The SMILES string of the molecule is C=C(C)CN(Cc1ncc(-c2ccc(-c3ccc4cc(-c5cnc(CN(CCC)C(=O)CNC(=O)OC)[nH]5)ccc4c3)cc2)[nH]1)C(C)=O.CCC.COC(=O)NCc1cccnc1. The fourth-order valence-electron chi connectivity index (χ4n) is 6.22. The lowest BCUT2D eigenvalue weighted by Gasteiger charge is -2.21. The van der Waals surface area contributed by atoms with Gasteiger partial charge in [-0.2, -0.15) is 0 Å². The maximum absolute atomic E-state index is 12.7. The number of hydrogen-bond donors (Lipinski definition) is 4. The van der Waals surface area contributed by atoms with Crippen molar-refractivity contribution in [2.75, 3.05) is 33.9 Å². The van der Waals surface area contributed by atoms with Crippen LogP contribution in [0.1, 0.15) is 64.7 Å². The molecule has 0 unspecified atom stereocenters. The van der Waals surface area contributed by atoms with Crippen LogP contribution in [-0.4, -0.2) is 92.6 Å². The first-order chi connectivity index (χ1) is 30.4. The van der Waals surface area contributed by atoms with Crippen molar-refractivity contribution in [3.8, 4) is 33.6 Å². The zero-order valence-electron chi connectivity index (χ0n) is 37.3. The number of rotatable bonds is 15. The first kappa shape index (κ1) is 48.4. The molecule has 6 rings (SSSR count). The largest absolute Gasteiger partial charge is 0.453 e. The molecule has 4 N–H and O–H groups in total. The maximum atomic E-state index is 12.7. The minimum absolute atomic E-state index is 0.0186. The molecule has 332 valence electrons. The Morgan fingerprint density at radius 3 is 1.79 bits per heavy atom. The van der Waals surface area contributed by atoms with Crippen LogP contribution < -0.4 is 10.6 Å². The van der Waals surface area contributed by atoms with E-state index in [1.807, 2.05) is 26.0 Å². The third-order valence-electron chi connectivity index (χ3n) is 9.29. The van der Waals surface area contributed by atoms with Gasteiger partial charge < -0.3 is 39.9 Å². The predicted molar refractivity (Wildman–Crippen MR) is 246 cm³/mol. The Kier molecular flexibility index (Phi) is 19.1. The van der Waals surface area contributed by atoms with E-state index in [1.165, 1.54) is 20.6 Å². The van der Waals surface area contributed by atoms with E-state index in [9.17, 15) is 19.2 Å². The molecule has 0 atom stereocenters. The van der Waals surface area contributed by atoms with Gasteiger partial charge >= 0.3 is 12.2 Å². The summed E-state index contributed by atoms with van der Waals surface area (Å²) in [5.41, 5.74) is 7.82. The van der Waals surface area contributed by atoms with Crippen molar-refractivity contribution in [3.63, 3.8) is 0 Å². The number of ether oxygens (including phenoxy) is 2. The Morgan fingerprint density at radius 2 is 1.24 bits per heavy atom. The quantitative estimate of drug-likeness (QED) is 0.0733. The number of hydrogen-bond acceptors (Lipinski definition) is 9. The molecule has 3 aromatic carbocycles. The third kappa shape index (κ3) is 15.3. The lowest BCUT2D eigenvalue weighted by molar-refractivity contribution is -0.131. The predicted octanol–water partition coefficient (Wildman–Crippen LogP) is 8.66. The normalized spacial score (nSPS) is 10.3. The van der Waals surface area contributed by atoms with Crippen LogP contribution in [0.4, 0.5) is 9.59 Å². The summed E-state index contributed by atoms with van der Waals surface area (Å²) in [5.74, 6) is 1.16. The van der Waals surface area contributed by atoms with E-state index in [0.29, 0.717) is 38.5 Å². The van der Waals surface area contributed by atoms with E-state index in [1.54, 1.807) is 41.5 Å². The summed E-state index contributed by atoms with van der Waals surface area (Å²) in [6.07, 6.45) is 7.90. The monoisotopic (exact) mass is 857 g/mol. The molecule has 3 aromatic heterocycles. The van der Waals surface area contributed by atoms with Gasteiger partial charge in [0.2, 0.25) is 11.8 Å². The average molecular weight is 858 g/mol. The second kappa shape index (κ2) is 24.8. The lowest BCUT2D eigenvalue weighted by atomic mass is 9.98. The molecule has 0 aliphatic rings. The minimum Gasteiger partial charge on any atom is -0.453 e. The van der Waals surface area contributed by atoms with Crippen molar-refractivity contribution in [1.82, 2.24) is 45.4 Å². The Balaban J connectivity index is 0.000000493.